The molecule has 4 heteroatoms. The maximum Gasteiger partial charge on any atom is 0.307 e. The number of carbonyl (C=O) groups is 1. The third-order valence-corrected chi connectivity index (χ3v) is 1.08. The van der Waals surface area contributed by atoms with Gasteiger partial charge in [-0.3, -0.25) is 4.79 Å². The van der Waals surface area contributed by atoms with E-state index in [9.17, 15) is 9.18 Å². The molecule has 0 spiro atoms. The number of esters is 1. The summed E-state index contributed by atoms with van der Waals surface area (Å²) in [7, 11) is 0. The van der Waals surface area contributed by atoms with Crippen molar-refractivity contribution >= 4 is 5.97 Å². The average molecular weight is 163 g/mol. The smallest absolute Gasteiger partial charge is 0.307 e. The molecule has 0 aromatic carbocycles. The third kappa shape index (κ3) is 7.25. The number of rotatable bonds is 6. The summed E-state index contributed by atoms with van der Waals surface area (Å²) in [5, 5.41) is 2.75. The molecule has 0 aliphatic carbocycles. The van der Waals surface area contributed by atoms with Crippen LogP contribution >= 0.6 is 0 Å². The van der Waals surface area contributed by atoms with Crippen LogP contribution < -0.4 is 5.32 Å². The van der Waals surface area contributed by atoms with Gasteiger partial charge in [0.2, 0.25) is 0 Å². The van der Waals surface area contributed by atoms with Crippen LogP contribution in [0.1, 0.15) is 13.3 Å². The van der Waals surface area contributed by atoms with Gasteiger partial charge in [-0.2, -0.15) is 0 Å². The summed E-state index contributed by atoms with van der Waals surface area (Å²) in [4.78, 5) is 10.7. The molecule has 0 saturated carbocycles. The predicted octanol–water partition coefficient (Wildman–Crippen LogP) is 0.499. The standard InChI is InChI=1S/C7H14FNO2/c1-2-11-7(10)3-5-9-6-4-8/h9H,2-6H2,1H3. The highest BCUT2D eigenvalue weighted by molar-refractivity contribution is 5.69. The topological polar surface area (TPSA) is 38.3 Å². The summed E-state index contributed by atoms with van der Waals surface area (Å²) in [6.07, 6.45) is 0.313. The first-order valence-corrected chi connectivity index (χ1v) is 3.73. The molecule has 0 aliphatic rings. The lowest BCUT2D eigenvalue weighted by Crippen LogP contribution is -2.21. The maximum absolute atomic E-state index is 11.5. The fourth-order valence-corrected chi connectivity index (χ4v) is 0.615. The zero-order chi connectivity index (χ0) is 8.53. The minimum Gasteiger partial charge on any atom is -0.466 e. The van der Waals surface area contributed by atoms with Crippen LogP contribution in [0.15, 0.2) is 0 Å². The van der Waals surface area contributed by atoms with E-state index in [1.165, 1.54) is 0 Å². The van der Waals surface area contributed by atoms with Crippen molar-refractivity contribution in [2.75, 3.05) is 26.4 Å². The molecule has 0 aliphatic heterocycles. The van der Waals surface area contributed by atoms with Crippen LogP contribution in [0.25, 0.3) is 0 Å². The first-order valence-electron chi connectivity index (χ1n) is 3.73. The molecule has 0 saturated heterocycles. The highest BCUT2D eigenvalue weighted by Crippen LogP contribution is 1.83. The highest BCUT2D eigenvalue weighted by atomic mass is 19.1. The predicted molar refractivity (Wildman–Crippen MR) is 40.1 cm³/mol. The Bertz CT molecular complexity index is 109. The molecule has 0 amide bonds. The van der Waals surface area contributed by atoms with E-state index in [2.05, 4.69) is 10.1 Å². The molecular formula is C7H14FNO2. The van der Waals surface area contributed by atoms with Crippen molar-refractivity contribution in [2.24, 2.45) is 0 Å². The molecular weight excluding hydrogens is 149 g/mol. The summed E-state index contributed by atoms with van der Waals surface area (Å²) in [5.41, 5.74) is 0. The molecule has 0 aromatic heterocycles. The lowest BCUT2D eigenvalue weighted by Gasteiger charge is -2.01. The van der Waals surface area contributed by atoms with E-state index in [-0.39, 0.29) is 5.97 Å². The van der Waals surface area contributed by atoms with Gasteiger partial charge >= 0.3 is 5.97 Å². The normalized spacial score (nSPS) is 9.64. The SMILES string of the molecule is CCOC(=O)CCNCCF. The molecule has 0 bridgehead atoms. The minimum absolute atomic E-state index is 0.237. The van der Waals surface area contributed by atoms with Crippen LogP contribution in [0.5, 0.6) is 0 Å². The summed E-state index contributed by atoms with van der Waals surface area (Å²) < 4.78 is 16.1. The Balaban J connectivity index is 3.04. The van der Waals surface area contributed by atoms with E-state index in [1.807, 2.05) is 0 Å². The van der Waals surface area contributed by atoms with E-state index >= 15 is 0 Å². The van der Waals surface area contributed by atoms with E-state index in [0.717, 1.165) is 0 Å². The van der Waals surface area contributed by atoms with Crippen LogP contribution in [0.3, 0.4) is 0 Å². The summed E-state index contributed by atoms with van der Waals surface area (Å²) in [6, 6.07) is 0. The van der Waals surface area contributed by atoms with Crippen molar-refractivity contribution in [1.29, 1.82) is 0 Å². The Labute approximate surface area is 65.9 Å². The van der Waals surface area contributed by atoms with Gasteiger partial charge in [0.1, 0.15) is 6.67 Å². The number of hydrogen-bond acceptors (Lipinski definition) is 3. The summed E-state index contributed by atoms with van der Waals surface area (Å²) in [6.45, 7) is 2.56. The number of nitrogens with one attached hydrogen (secondary N) is 1. The summed E-state index contributed by atoms with van der Waals surface area (Å²) >= 11 is 0. The zero-order valence-corrected chi connectivity index (χ0v) is 6.73. The van der Waals surface area contributed by atoms with E-state index in [4.69, 9.17) is 0 Å². The van der Waals surface area contributed by atoms with Gasteiger partial charge in [-0.15, -0.1) is 0 Å². The number of carbonyl (C=O) groups excluding carboxylic acids is 1. The Kier molecular flexibility index (Phi) is 7.03. The monoisotopic (exact) mass is 163 g/mol. The van der Waals surface area contributed by atoms with Gasteiger partial charge in [0.25, 0.3) is 0 Å². The van der Waals surface area contributed by atoms with Crippen molar-refractivity contribution in [3.63, 3.8) is 0 Å². The van der Waals surface area contributed by atoms with Crippen molar-refractivity contribution in [3.8, 4) is 0 Å². The largest absolute Gasteiger partial charge is 0.466 e. The fourth-order valence-electron chi connectivity index (χ4n) is 0.615. The van der Waals surface area contributed by atoms with Gasteiger partial charge < -0.3 is 10.1 Å². The second-order valence-electron chi connectivity index (χ2n) is 1.99. The molecule has 0 rings (SSSR count). The zero-order valence-electron chi connectivity index (χ0n) is 6.73. The molecule has 3 nitrogen and oxygen atoms in total. The molecule has 0 unspecified atom stereocenters. The second kappa shape index (κ2) is 7.47. The van der Waals surface area contributed by atoms with Crippen LogP contribution in [-0.4, -0.2) is 32.3 Å². The van der Waals surface area contributed by atoms with Crippen molar-refractivity contribution < 1.29 is 13.9 Å². The molecule has 1 N–H and O–H groups in total. The van der Waals surface area contributed by atoms with Crippen LogP contribution in [0.4, 0.5) is 4.39 Å². The Morgan fingerprint density at radius 3 is 2.82 bits per heavy atom. The first-order chi connectivity index (χ1) is 5.31. The Morgan fingerprint density at radius 2 is 2.27 bits per heavy atom. The Morgan fingerprint density at radius 1 is 1.55 bits per heavy atom. The van der Waals surface area contributed by atoms with Gasteiger partial charge in [0, 0.05) is 13.1 Å². The molecule has 0 aromatic rings. The second-order valence-corrected chi connectivity index (χ2v) is 1.99. The minimum atomic E-state index is -0.400. The van der Waals surface area contributed by atoms with E-state index < -0.39 is 6.67 Å². The maximum atomic E-state index is 11.5. The molecule has 0 fully saturated rings. The average Bonchev–Trinajstić information content (AvgIpc) is 1.99. The van der Waals surface area contributed by atoms with Gasteiger partial charge in [-0.05, 0) is 6.92 Å². The Hall–Kier alpha value is -0.640. The fraction of sp³-hybridized carbons (Fsp3) is 0.857. The highest BCUT2D eigenvalue weighted by Gasteiger charge is 1.98. The van der Waals surface area contributed by atoms with Crippen LogP contribution in [0.2, 0.25) is 0 Å². The van der Waals surface area contributed by atoms with E-state index in [0.29, 0.717) is 26.1 Å². The number of ether oxygens (including phenoxy) is 1. The van der Waals surface area contributed by atoms with Gasteiger partial charge in [0.05, 0.1) is 13.0 Å². The third-order valence-electron chi connectivity index (χ3n) is 1.08. The molecule has 11 heavy (non-hydrogen) atoms. The molecule has 0 radical (unpaired) electrons. The van der Waals surface area contributed by atoms with Crippen LogP contribution in [0, 0.1) is 0 Å². The number of hydrogen-bond donors (Lipinski definition) is 1. The van der Waals surface area contributed by atoms with Crippen LogP contribution in [-0.2, 0) is 9.53 Å². The molecule has 0 atom stereocenters. The number of halogens is 1. The van der Waals surface area contributed by atoms with Crippen molar-refractivity contribution in [2.45, 2.75) is 13.3 Å². The van der Waals surface area contributed by atoms with Gasteiger partial charge in [-0.1, -0.05) is 0 Å². The van der Waals surface area contributed by atoms with Crippen molar-refractivity contribution in [1.82, 2.24) is 5.32 Å². The summed E-state index contributed by atoms with van der Waals surface area (Å²) in [5.74, 6) is -0.237. The van der Waals surface area contributed by atoms with Gasteiger partial charge in [-0.25, -0.2) is 4.39 Å². The lowest BCUT2D eigenvalue weighted by molar-refractivity contribution is -0.142. The number of alkyl halides is 1. The molecule has 66 valence electrons. The van der Waals surface area contributed by atoms with Crippen molar-refractivity contribution in [3.05, 3.63) is 0 Å². The van der Waals surface area contributed by atoms with E-state index in [1.54, 1.807) is 6.92 Å². The lowest BCUT2D eigenvalue weighted by atomic mass is 10.4. The quantitative estimate of drug-likeness (QED) is 0.457. The first kappa shape index (κ1) is 10.4. The van der Waals surface area contributed by atoms with Gasteiger partial charge in [0.15, 0.2) is 0 Å². The molecule has 0 heterocycles.